The van der Waals surface area contributed by atoms with E-state index in [4.69, 9.17) is 44.0 Å². The maximum absolute atomic E-state index is 13.0. The Labute approximate surface area is 533 Å². The van der Waals surface area contributed by atoms with Gasteiger partial charge in [-0.1, -0.05) is 74.9 Å². The number of carbonyl (C=O) groups excluding carboxylic acids is 1. The Hall–Kier alpha value is -7.07. The van der Waals surface area contributed by atoms with Gasteiger partial charge < -0.3 is 53.2 Å². The van der Waals surface area contributed by atoms with Gasteiger partial charge in [-0.05, 0) is 146 Å². The quantitative estimate of drug-likeness (QED) is 0.0531. The van der Waals surface area contributed by atoms with E-state index in [1.165, 1.54) is 123 Å². The molecule has 20 nitrogen and oxygen atoms in total. The normalized spacial score (nSPS) is 17.7. The predicted octanol–water partition coefficient (Wildman–Crippen LogP) is 11.2. The van der Waals surface area contributed by atoms with E-state index < -0.39 is 8.07 Å². The molecule has 0 aliphatic carbocycles. The fourth-order valence-corrected chi connectivity index (χ4v) is 14.7. The van der Waals surface area contributed by atoms with Crippen LogP contribution in [-0.2, 0) is 48.7 Å². The summed E-state index contributed by atoms with van der Waals surface area (Å²) in [5.74, 6) is 2.05. The number of H-pyrrole nitrogens is 1. The summed E-state index contributed by atoms with van der Waals surface area (Å²) in [6.45, 7) is 29.0. The van der Waals surface area contributed by atoms with Crippen LogP contribution in [0.3, 0.4) is 0 Å². The van der Waals surface area contributed by atoms with E-state index in [1.54, 1.807) is 4.90 Å². The molecule has 4 saturated heterocycles. The number of amides is 1. The van der Waals surface area contributed by atoms with Crippen LogP contribution in [0.2, 0.25) is 25.7 Å². The number of likely N-dealkylation sites (tertiary alicyclic amines) is 2. The van der Waals surface area contributed by atoms with Crippen LogP contribution >= 0.6 is 0 Å². The van der Waals surface area contributed by atoms with Crippen molar-refractivity contribution in [1.82, 2.24) is 54.6 Å². The van der Waals surface area contributed by atoms with Crippen LogP contribution in [0.1, 0.15) is 110 Å². The van der Waals surface area contributed by atoms with E-state index in [0.717, 1.165) is 129 Å². The second kappa shape index (κ2) is 29.9. The summed E-state index contributed by atoms with van der Waals surface area (Å²) in [4.78, 5) is 49.7. The number of piperidine rings is 3. The topological polar surface area (TPSA) is 175 Å². The number of benzene rings is 3. The number of hydrogen-bond acceptors (Lipinski definition) is 17. The van der Waals surface area contributed by atoms with E-state index in [2.05, 4.69) is 97.4 Å². The van der Waals surface area contributed by atoms with Crippen molar-refractivity contribution < 1.29 is 23.7 Å². The Morgan fingerprint density at radius 3 is 1.71 bits per heavy atom. The molecule has 1 N–H and O–H groups in total. The lowest BCUT2D eigenvalue weighted by atomic mass is 10.0. The van der Waals surface area contributed by atoms with Crippen molar-refractivity contribution >= 4 is 59.0 Å². The van der Waals surface area contributed by atoms with Crippen molar-refractivity contribution in [3.05, 3.63) is 106 Å². The Kier molecular flexibility index (Phi) is 21.0. The monoisotopic (exact) mass is 1240 g/mol. The molecule has 6 aliphatic rings. The lowest BCUT2D eigenvalue weighted by Crippen LogP contribution is -2.49. The highest BCUT2D eigenvalue weighted by molar-refractivity contribution is 6.76. The molecule has 0 radical (unpaired) electrons. The largest absolute Gasteiger partial charge is 0.463 e. The van der Waals surface area contributed by atoms with Gasteiger partial charge in [0.1, 0.15) is 25.0 Å². The first-order chi connectivity index (χ1) is 44.0. The second-order valence-electron chi connectivity index (χ2n) is 26.8. The number of carbonyl (C=O) groups is 1. The summed E-state index contributed by atoms with van der Waals surface area (Å²) in [5, 5.41) is 14.5. The van der Waals surface area contributed by atoms with Gasteiger partial charge in [-0.3, -0.25) is 5.10 Å². The Morgan fingerprint density at radius 2 is 1.12 bits per heavy atom. The number of hydrogen-bond donors (Lipinski definition) is 1. The van der Waals surface area contributed by atoms with Crippen LogP contribution in [0, 0.1) is 13.8 Å². The Balaban J connectivity index is 0.000000188. The van der Waals surface area contributed by atoms with Gasteiger partial charge in [0.25, 0.3) is 0 Å². The molecule has 4 fully saturated rings. The highest BCUT2D eigenvalue weighted by atomic mass is 28.3. The third-order valence-corrected chi connectivity index (χ3v) is 20.7. The number of nitrogens with zero attached hydrogens (tertiary/aromatic N) is 14. The van der Waals surface area contributed by atoms with E-state index in [0.29, 0.717) is 64.7 Å². The smallest absolute Gasteiger partial charge is 0.410 e. The molecule has 7 aromatic rings. The number of ether oxygens (including phenoxy) is 4. The maximum Gasteiger partial charge on any atom is 0.410 e. The third kappa shape index (κ3) is 15.8. The zero-order chi connectivity index (χ0) is 61.8. The number of anilines is 4. The van der Waals surface area contributed by atoms with Gasteiger partial charge in [-0.2, -0.15) is 30.1 Å². The van der Waals surface area contributed by atoms with Crippen LogP contribution in [0.4, 0.5) is 27.8 Å². The number of aromatic nitrogens is 8. The molecule has 1 amide bonds. The first kappa shape index (κ1) is 63.1. The molecule has 482 valence electrons. The van der Waals surface area contributed by atoms with Crippen molar-refractivity contribution in [2.45, 2.75) is 149 Å². The predicted molar refractivity (Wildman–Crippen MR) is 360 cm³/mol. The summed E-state index contributed by atoms with van der Waals surface area (Å²) in [6, 6.07) is 20.6. The first-order valence-electron chi connectivity index (χ1n) is 33.9. The van der Waals surface area contributed by atoms with Crippen LogP contribution in [0.5, 0.6) is 12.0 Å². The van der Waals surface area contributed by atoms with Crippen molar-refractivity contribution in [2.24, 2.45) is 0 Å². The van der Waals surface area contributed by atoms with Gasteiger partial charge in [0.2, 0.25) is 0 Å². The van der Waals surface area contributed by atoms with Gasteiger partial charge in [0.05, 0.1) is 72.5 Å². The molecule has 0 saturated carbocycles. The molecule has 3 aromatic carbocycles. The summed E-state index contributed by atoms with van der Waals surface area (Å²) in [6.07, 6.45) is 19.1. The lowest BCUT2D eigenvalue weighted by Gasteiger charge is -2.38. The molecule has 6 aliphatic heterocycles. The van der Waals surface area contributed by atoms with Gasteiger partial charge in [0.15, 0.2) is 0 Å². The van der Waals surface area contributed by atoms with Gasteiger partial charge in [0, 0.05) is 102 Å². The zero-order valence-corrected chi connectivity index (χ0v) is 55.4. The van der Waals surface area contributed by atoms with Crippen molar-refractivity contribution in [3.63, 3.8) is 0 Å². The van der Waals surface area contributed by atoms with Gasteiger partial charge in [-0.25, -0.2) is 9.48 Å². The lowest BCUT2D eigenvalue weighted by molar-refractivity contribution is 0.0817. The molecule has 21 heteroatoms. The minimum absolute atomic E-state index is 0.273. The molecule has 90 heavy (non-hydrogen) atoms. The molecule has 0 atom stereocenters. The maximum atomic E-state index is 13.0. The van der Waals surface area contributed by atoms with Crippen molar-refractivity contribution in [2.75, 3.05) is 131 Å². The minimum Gasteiger partial charge on any atom is -0.463 e. The van der Waals surface area contributed by atoms with Crippen LogP contribution in [0.15, 0.2) is 67.0 Å². The summed E-state index contributed by atoms with van der Waals surface area (Å²) in [7, 11) is -1.17. The minimum atomic E-state index is -1.17. The van der Waals surface area contributed by atoms with E-state index in [-0.39, 0.29) is 12.7 Å². The average molecular weight is 1240 g/mol. The van der Waals surface area contributed by atoms with E-state index in [1.807, 2.05) is 47.4 Å². The molecule has 4 aromatic heterocycles. The SMILES string of the molecule is Cc1ccc2[nH]ncc2c1N1CCc2c(nc(OCCCN3CCCCC3)nc2N2CCCCC2)C1.Cc1ccc2c(cnn2COCC[Si](C)(C)C)c1N1CCc2c(nc(OCCCN3CCCCC3)nc2N2CCN(C(=O)OCc3ccccc3)CC2)C1. The molecule has 0 spiro atoms. The second-order valence-corrected chi connectivity index (χ2v) is 32.5. The Morgan fingerprint density at radius 1 is 0.567 bits per heavy atom. The zero-order valence-electron chi connectivity index (χ0n) is 54.4. The number of piperazine rings is 1. The van der Waals surface area contributed by atoms with Crippen molar-refractivity contribution in [3.8, 4) is 12.0 Å². The summed E-state index contributed by atoms with van der Waals surface area (Å²) in [5.41, 5.74) is 12.7. The van der Waals surface area contributed by atoms with Crippen LogP contribution in [0.25, 0.3) is 21.8 Å². The number of fused-ring (bicyclic) bond motifs is 4. The number of nitrogens with one attached hydrogen (secondary N) is 1. The number of aromatic amines is 1. The molecule has 10 heterocycles. The summed E-state index contributed by atoms with van der Waals surface area (Å²) >= 11 is 0. The summed E-state index contributed by atoms with van der Waals surface area (Å²) < 4.78 is 26.3. The molecular weight excluding hydrogens is 1150 g/mol. The van der Waals surface area contributed by atoms with Gasteiger partial charge in [-0.15, -0.1) is 0 Å². The van der Waals surface area contributed by atoms with Crippen LogP contribution < -0.4 is 29.1 Å². The standard InChI is InChI=1S/C41H58N8O4Si.C28H39N7O/c1-32-14-15-37-35(28-42-49(37)31-51-26-27-54(2,3)4)38(32)48-20-16-34-36(29-48)43-40(52-25-11-19-45-17-9-6-10-18-45)44-39(34)46-21-23-47(24-22-46)41(50)53-30-33-12-7-5-8-13-33;1-21-9-10-24-23(19-29-32-24)26(21)35-17-11-22-25(20-35)30-28(31-27(22)34-15-6-3-7-16-34)36-18-8-14-33-12-4-2-5-13-33/h5,7-8,12-15,28H,6,9-11,16-27,29-31H2,1-4H3;9-10,19H,2-8,11-18,20H2,1H3,(H,29,32). The third-order valence-electron chi connectivity index (χ3n) is 19.0. The number of aryl methyl sites for hydroxylation is 2. The van der Waals surface area contributed by atoms with E-state index in [9.17, 15) is 4.79 Å². The van der Waals surface area contributed by atoms with E-state index >= 15 is 0 Å². The number of rotatable bonds is 21. The molecule has 0 unspecified atom stereocenters. The average Bonchev–Trinajstić information content (AvgIpc) is 1.38. The molecule has 0 bridgehead atoms. The first-order valence-corrected chi connectivity index (χ1v) is 37.6. The van der Waals surface area contributed by atoms with Gasteiger partial charge >= 0.3 is 18.1 Å². The van der Waals surface area contributed by atoms with Crippen LogP contribution in [-0.4, -0.2) is 180 Å². The highest BCUT2D eigenvalue weighted by Gasteiger charge is 2.32. The fourth-order valence-electron chi connectivity index (χ4n) is 13.9. The molecule has 13 rings (SSSR count). The Bertz CT molecular complexity index is 3480. The van der Waals surface area contributed by atoms with Crippen molar-refractivity contribution in [1.29, 1.82) is 0 Å². The highest BCUT2D eigenvalue weighted by Crippen LogP contribution is 2.39. The molecular formula is C69H97N15O5Si. The fraction of sp³-hybridized carbons (Fsp3) is 0.580.